The van der Waals surface area contributed by atoms with Gasteiger partial charge < -0.3 is 15.2 Å². The fourth-order valence-electron chi connectivity index (χ4n) is 2.84. The number of halogens is 1. The van der Waals surface area contributed by atoms with Gasteiger partial charge in [-0.25, -0.2) is 5.01 Å². The summed E-state index contributed by atoms with van der Waals surface area (Å²) in [5.41, 5.74) is 5.01. The van der Waals surface area contributed by atoms with Crippen LogP contribution < -0.4 is 10.7 Å². The summed E-state index contributed by atoms with van der Waals surface area (Å²) in [4.78, 5) is 30.0. The lowest BCUT2D eigenvalue weighted by molar-refractivity contribution is -0.128. The molecule has 7 nitrogen and oxygen atoms in total. The Hall–Kier alpha value is -2.35. The average Bonchev–Trinajstić information content (AvgIpc) is 3.14. The molecule has 0 saturated carbocycles. The van der Waals surface area contributed by atoms with Gasteiger partial charge in [-0.1, -0.05) is 23.7 Å². The molecule has 2 aromatic rings. The number of amides is 2. The SMILES string of the molecule is CC(NC(=O)c1ccc(-c2ccc(Cl)cc2)[nH]1)C(=O)NN1CCN(C)CC1. The van der Waals surface area contributed by atoms with E-state index in [4.69, 9.17) is 11.6 Å². The molecule has 1 unspecified atom stereocenters. The van der Waals surface area contributed by atoms with Gasteiger partial charge in [0.1, 0.15) is 11.7 Å². The molecule has 2 amide bonds. The summed E-state index contributed by atoms with van der Waals surface area (Å²) >= 11 is 5.90. The van der Waals surface area contributed by atoms with Gasteiger partial charge in [-0.2, -0.15) is 0 Å². The Morgan fingerprint density at radius 1 is 1.07 bits per heavy atom. The van der Waals surface area contributed by atoms with Crippen LogP contribution in [0.25, 0.3) is 11.3 Å². The molecule has 1 aromatic carbocycles. The third-order valence-corrected chi connectivity index (χ3v) is 4.85. The smallest absolute Gasteiger partial charge is 0.268 e. The number of aromatic amines is 1. The molecular weight excluding hydrogens is 366 g/mol. The number of carbonyl (C=O) groups is 2. The lowest BCUT2D eigenvalue weighted by Crippen LogP contribution is -2.56. The van der Waals surface area contributed by atoms with Crippen molar-refractivity contribution in [1.82, 2.24) is 25.6 Å². The second-order valence-electron chi connectivity index (χ2n) is 6.75. The maximum atomic E-state index is 12.4. The molecule has 1 fully saturated rings. The summed E-state index contributed by atoms with van der Waals surface area (Å²) in [5.74, 6) is -0.548. The van der Waals surface area contributed by atoms with Crippen LogP contribution in [-0.2, 0) is 4.79 Å². The monoisotopic (exact) mass is 389 g/mol. The van der Waals surface area contributed by atoms with Crippen LogP contribution in [0, 0.1) is 0 Å². The summed E-state index contributed by atoms with van der Waals surface area (Å²) in [6.07, 6.45) is 0. The van der Waals surface area contributed by atoms with Gasteiger partial charge in [-0.3, -0.25) is 15.0 Å². The van der Waals surface area contributed by atoms with Crippen molar-refractivity contribution < 1.29 is 9.59 Å². The van der Waals surface area contributed by atoms with E-state index >= 15 is 0 Å². The summed E-state index contributed by atoms with van der Waals surface area (Å²) in [6.45, 7) is 5.01. The first-order valence-corrected chi connectivity index (χ1v) is 9.30. The van der Waals surface area contributed by atoms with Crippen LogP contribution in [0.3, 0.4) is 0 Å². The van der Waals surface area contributed by atoms with E-state index in [2.05, 4.69) is 27.7 Å². The first-order chi connectivity index (χ1) is 12.9. The molecule has 2 heterocycles. The molecule has 1 aromatic heterocycles. The molecule has 8 heteroatoms. The highest BCUT2D eigenvalue weighted by Crippen LogP contribution is 2.20. The van der Waals surface area contributed by atoms with Crippen molar-refractivity contribution in [1.29, 1.82) is 0 Å². The first kappa shape index (κ1) is 19.4. The average molecular weight is 390 g/mol. The van der Waals surface area contributed by atoms with E-state index in [1.165, 1.54) is 0 Å². The molecular formula is C19H24ClN5O2. The Labute approximate surface area is 163 Å². The van der Waals surface area contributed by atoms with Crippen LogP contribution in [0.1, 0.15) is 17.4 Å². The van der Waals surface area contributed by atoms with Crippen LogP contribution in [0.2, 0.25) is 5.02 Å². The number of H-pyrrole nitrogens is 1. The Morgan fingerprint density at radius 3 is 2.41 bits per heavy atom. The normalized spacial score (nSPS) is 16.7. The van der Waals surface area contributed by atoms with E-state index < -0.39 is 6.04 Å². The highest BCUT2D eigenvalue weighted by molar-refractivity contribution is 6.30. The third-order valence-electron chi connectivity index (χ3n) is 4.60. The van der Waals surface area contributed by atoms with Crippen molar-refractivity contribution in [2.24, 2.45) is 0 Å². The van der Waals surface area contributed by atoms with Crippen molar-refractivity contribution >= 4 is 23.4 Å². The lowest BCUT2D eigenvalue weighted by atomic mass is 10.2. The number of piperazine rings is 1. The molecule has 1 aliphatic rings. The van der Waals surface area contributed by atoms with Crippen LogP contribution in [0.5, 0.6) is 0 Å². The second kappa shape index (κ2) is 8.56. The van der Waals surface area contributed by atoms with E-state index in [-0.39, 0.29) is 11.8 Å². The Bertz CT molecular complexity index is 797. The Morgan fingerprint density at radius 2 is 1.74 bits per heavy atom. The fraction of sp³-hybridized carbons (Fsp3) is 0.368. The minimum absolute atomic E-state index is 0.225. The topological polar surface area (TPSA) is 80.5 Å². The summed E-state index contributed by atoms with van der Waals surface area (Å²) in [5, 5.41) is 5.27. The minimum atomic E-state index is -0.639. The van der Waals surface area contributed by atoms with Gasteiger partial charge in [0.25, 0.3) is 11.8 Å². The quantitative estimate of drug-likeness (QED) is 0.727. The van der Waals surface area contributed by atoms with Crippen molar-refractivity contribution in [2.75, 3.05) is 33.2 Å². The zero-order valence-corrected chi connectivity index (χ0v) is 16.2. The van der Waals surface area contributed by atoms with Gasteiger partial charge in [0.05, 0.1) is 0 Å². The number of likely N-dealkylation sites (N-methyl/N-ethyl adjacent to an activating group) is 1. The molecule has 3 N–H and O–H groups in total. The van der Waals surface area contributed by atoms with Gasteiger partial charge in [0, 0.05) is 36.9 Å². The van der Waals surface area contributed by atoms with E-state index in [1.54, 1.807) is 25.1 Å². The predicted octanol–water partition coefficient (Wildman–Crippen LogP) is 1.73. The predicted molar refractivity (Wildman–Crippen MR) is 105 cm³/mol. The number of carbonyl (C=O) groups excluding carboxylic acids is 2. The Kier molecular flexibility index (Phi) is 6.15. The number of hydrazine groups is 1. The molecule has 3 rings (SSSR count). The molecule has 144 valence electrons. The molecule has 27 heavy (non-hydrogen) atoms. The first-order valence-electron chi connectivity index (χ1n) is 8.92. The molecule has 0 spiro atoms. The van der Waals surface area contributed by atoms with E-state index in [0.29, 0.717) is 10.7 Å². The van der Waals surface area contributed by atoms with Crippen molar-refractivity contribution in [3.63, 3.8) is 0 Å². The molecule has 1 aliphatic heterocycles. The van der Waals surface area contributed by atoms with Crippen molar-refractivity contribution in [3.8, 4) is 11.3 Å². The van der Waals surface area contributed by atoms with Gasteiger partial charge in [0.2, 0.25) is 0 Å². The van der Waals surface area contributed by atoms with E-state index in [9.17, 15) is 9.59 Å². The summed E-state index contributed by atoms with van der Waals surface area (Å²) < 4.78 is 0. The molecule has 0 aliphatic carbocycles. The fourth-order valence-corrected chi connectivity index (χ4v) is 2.96. The molecule has 0 radical (unpaired) electrons. The molecule has 1 saturated heterocycles. The highest BCUT2D eigenvalue weighted by atomic mass is 35.5. The summed E-state index contributed by atoms with van der Waals surface area (Å²) in [6, 6.07) is 10.2. The second-order valence-corrected chi connectivity index (χ2v) is 7.19. The van der Waals surface area contributed by atoms with E-state index in [1.807, 2.05) is 23.2 Å². The van der Waals surface area contributed by atoms with Crippen molar-refractivity contribution in [3.05, 3.63) is 47.1 Å². The third kappa shape index (κ3) is 5.09. The van der Waals surface area contributed by atoms with Crippen LogP contribution >= 0.6 is 11.6 Å². The number of hydrogen-bond donors (Lipinski definition) is 3. The highest BCUT2D eigenvalue weighted by Gasteiger charge is 2.21. The summed E-state index contributed by atoms with van der Waals surface area (Å²) in [7, 11) is 2.05. The molecule has 1 atom stereocenters. The van der Waals surface area contributed by atoms with Crippen LogP contribution in [0.4, 0.5) is 0 Å². The number of aromatic nitrogens is 1. The van der Waals surface area contributed by atoms with Gasteiger partial charge in [-0.05, 0) is 43.8 Å². The van der Waals surface area contributed by atoms with E-state index in [0.717, 1.165) is 37.4 Å². The Balaban J connectivity index is 1.55. The minimum Gasteiger partial charge on any atom is -0.351 e. The number of nitrogens with one attached hydrogen (secondary N) is 3. The standard InChI is InChI=1S/C19H24ClN5O2/c1-13(18(26)23-25-11-9-24(2)10-12-25)21-19(27)17-8-7-16(22-17)14-3-5-15(20)6-4-14/h3-8,13,22H,9-12H2,1-2H3,(H,21,27)(H,23,26). The van der Waals surface area contributed by atoms with Crippen LogP contribution in [-0.4, -0.2) is 66.0 Å². The van der Waals surface area contributed by atoms with Gasteiger partial charge in [-0.15, -0.1) is 0 Å². The molecule has 0 bridgehead atoms. The van der Waals surface area contributed by atoms with Crippen molar-refractivity contribution in [2.45, 2.75) is 13.0 Å². The number of hydrogen-bond acceptors (Lipinski definition) is 4. The number of benzene rings is 1. The largest absolute Gasteiger partial charge is 0.351 e. The maximum Gasteiger partial charge on any atom is 0.268 e. The van der Waals surface area contributed by atoms with Crippen LogP contribution in [0.15, 0.2) is 36.4 Å². The zero-order chi connectivity index (χ0) is 19.4. The lowest BCUT2D eigenvalue weighted by Gasteiger charge is -2.33. The van der Waals surface area contributed by atoms with Gasteiger partial charge in [0.15, 0.2) is 0 Å². The number of rotatable bonds is 5. The van der Waals surface area contributed by atoms with Gasteiger partial charge >= 0.3 is 0 Å². The number of nitrogens with zero attached hydrogens (tertiary/aromatic N) is 2. The maximum absolute atomic E-state index is 12.4. The zero-order valence-electron chi connectivity index (χ0n) is 15.5.